The van der Waals surface area contributed by atoms with Gasteiger partial charge in [-0.3, -0.25) is 9.59 Å². The number of halogens is 6. The molecule has 4 rings (SSSR count). The molecule has 1 aliphatic carbocycles. The summed E-state index contributed by atoms with van der Waals surface area (Å²) in [7, 11) is 0. The van der Waals surface area contributed by atoms with E-state index >= 15 is 0 Å². The molecule has 3 heterocycles. The number of nitrogens with one attached hydrogen (secondary N) is 2. The van der Waals surface area contributed by atoms with Gasteiger partial charge in [-0.1, -0.05) is 0 Å². The maximum Gasteiger partial charge on any atom is 0.423 e. The smallest absolute Gasteiger partial charge is 0.379 e. The molecular weight excluding hydrogens is 524 g/mol. The third-order valence-electron chi connectivity index (χ3n) is 6.30. The van der Waals surface area contributed by atoms with Gasteiger partial charge in [0.25, 0.3) is 11.5 Å². The molecule has 1 aliphatic heterocycles. The number of H-pyrrole nitrogens is 1. The first kappa shape index (κ1) is 27.6. The lowest BCUT2D eigenvalue weighted by Gasteiger charge is -2.34. The van der Waals surface area contributed by atoms with E-state index in [0.717, 1.165) is 18.6 Å². The van der Waals surface area contributed by atoms with Crippen molar-refractivity contribution in [2.24, 2.45) is 0 Å². The van der Waals surface area contributed by atoms with Crippen molar-refractivity contribution in [1.29, 1.82) is 0 Å². The largest absolute Gasteiger partial charge is 0.423 e. The van der Waals surface area contributed by atoms with Crippen LogP contribution >= 0.6 is 0 Å². The first-order valence-electron chi connectivity index (χ1n) is 11.7. The Morgan fingerprint density at radius 3 is 2.37 bits per heavy atom. The van der Waals surface area contributed by atoms with Gasteiger partial charge < -0.3 is 19.9 Å². The van der Waals surface area contributed by atoms with E-state index < -0.39 is 47.0 Å². The lowest BCUT2D eigenvalue weighted by atomic mass is 10.2. The number of amides is 1. The van der Waals surface area contributed by atoms with E-state index in [0.29, 0.717) is 26.2 Å². The summed E-state index contributed by atoms with van der Waals surface area (Å²) in [6, 6.07) is -0.608. The van der Waals surface area contributed by atoms with Gasteiger partial charge >= 0.3 is 6.18 Å². The van der Waals surface area contributed by atoms with E-state index in [9.17, 15) is 35.9 Å². The summed E-state index contributed by atoms with van der Waals surface area (Å²) in [6.45, 7) is 3.03. The van der Waals surface area contributed by atoms with Gasteiger partial charge in [0.2, 0.25) is 17.5 Å². The predicted molar refractivity (Wildman–Crippen MR) is 122 cm³/mol. The average molecular weight is 549 g/mol. The molecular formula is C22H25F6N7O3. The van der Waals surface area contributed by atoms with Crippen molar-refractivity contribution in [2.45, 2.75) is 43.6 Å². The zero-order valence-electron chi connectivity index (χ0n) is 20.2. The van der Waals surface area contributed by atoms with Crippen LogP contribution in [0.2, 0.25) is 0 Å². The van der Waals surface area contributed by atoms with Crippen molar-refractivity contribution in [2.75, 3.05) is 49.6 Å². The molecule has 0 spiro atoms. The molecule has 0 radical (unpaired) electrons. The van der Waals surface area contributed by atoms with Crippen LogP contribution in [0.15, 0.2) is 23.4 Å². The van der Waals surface area contributed by atoms with E-state index in [4.69, 9.17) is 4.74 Å². The van der Waals surface area contributed by atoms with E-state index in [1.807, 2.05) is 0 Å². The molecule has 1 saturated heterocycles. The second kappa shape index (κ2) is 10.4. The van der Waals surface area contributed by atoms with Crippen molar-refractivity contribution < 1.29 is 35.9 Å². The van der Waals surface area contributed by atoms with Crippen LogP contribution in [0.25, 0.3) is 0 Å². The Labute approximate surface area is 212 Å². The molecule has 2 aromatic rings. The number of carbonyl (C=O) groups is 1. The summed E-state index contributed by atoms with van der Waals surface area (Å²) >= 11 is 0. The quantitative estimate of drug-likeness (QED) is 0.362. The van der Waals surface area contributed by atoms with Crippen molar-refractivity contribution >= 4 is 17.5 Å². The van der Waals surface area contributed by atoms with E-state index in [1.54, 1.807) is 21.8 Å². The van der Waals surface area contributed by atoms with Crippen LogP contribution in [0, 0.1) is 0 Å². The summed E-state index contributed by atoms with van der Waals surface area (Å²) in [5.41, 5.74) is -6.19. The normalized spacial score (nSPS) is 21.8. The summed E-state index contributed by atoms with van der Waals surface area (Å²) < 4.78 is 85.3. The zero-order chi connectivity index (χ0) is 27.7. The van der Waals surface area contributed by atoms with E-state index in [-0.39, 0.29) is 37.1 Å². The van der Waals surface area contributed by atoms with Crippen LogP contribution in [0.3, 0.4) is 0 Å². The number of rotatable bonds is 9. The third-order valence-corrected chi connectivity index (χ3v) is 6.30. The van der Waals surface area contributed by atoms with Crippen LogP contribution in [0.5, 0.6) is 0 Å². The highest BCUT2D eigenvalue weighted by atomic mass is 19.4. The third kappa shape index (κ3) is 5.84. The molecule has 0 bridgehead atoms. The Morgan fingerprint density at radius 2 is 1.79 bits per heavy atom. The molecule has 2 atom stereocenters. The fourth-order valence-electron chi connectivity index (χ4n) is 4.09. The Balaban J connectivity index is 1.18. The first-order valence-corrected chi connectivity index (χ1v) is 11.7. The Bertz CT molecular complexity index is 1200. The molecule has 16 heteroatoms. The summed E-state index contributed by atoms with van der Waals surface area (Å²) in [5, 5.41) is 7.69. The second-order valence-corrected chi connectivity index (χ2v) is 9.18. The maximum atomic E-state index is 14.1. The SMILES string of the molecule is C[C@@H](COCCC(=O)N1CCN(c2ncc([C@]3(F)CC3(F)F)cn2)CC1)Nc1cn[nH]c(=O)c1C(F)(F)F. The minimum Gasteiger partial charge on any atom is -0.379 e. The van der Waals surface area contributed by atoms with Gasteiger partial charge in [-0.2, -0.15) is 18.3 Å². The molecule has 2 aliphatic rings. The zero-order valence-corrected chi connectivity index (χ0v) is 20.2. The number of aromatic nitrogens is 4. The second-order valence-electron chi connectivity index (χ2n) is 9.18. The van der Waals surface area contributed by atoms with Crippen molar-refractivity contribution in [3.8, 4) is 0 Å². The fourth-order valence-corrected chi connectivity index (χ4v) is 4.09. The number of alkyl halides is 6. The van der Waals surface area contributed by atoms with Gasteiger partial charge in [0, 0.05) is 50.2 Å². The molecule has 0 aromatic carbocycles. The lowest BCUT2D eigenvalue weighted by Crippen LogP contribution is -2.49. The molecule has 38 heavy (non-hydrogen) atoms. The maximum absolute atomic E-state index is 14.1. The highest BCUT2D eigenvalue weighted by Gasteiger charge is 2.74. The molecule has 2 aromatic heterocycles. The molecule has 2 N–H and O–H groups in total. The van der Waals surface area contributed by atoms with Crippen LogP contribution in [-0.4, -0.2) is 82.3 Å². The van der Waals surface area contributed by atoms with Crippen molar-refractivity contribution in [3.05, 3.63) is 40.1 Å². The molecule has 208 valence electrons. The highest BCUT2D eigenvalue weighted by Crippen LogP contribution is 2.62. The summed E-state index contributed by atoms with van der Waals surface area (Å²) in [6.07, 6.45) is -2.71. The average Bonchev–Trinajstić information content (AvgIpc) is 3.39. The number of hydrogen-bond acceptors (Lipinski definition) is 8. The van der Waals surface area contributed by atoms with Crippen LogP contribution in [0.1, 0.15) is 30.9 Å². The summed E-state index contributed by atoms with van der Waals surface area (Å²) in [4.78, 5) is 35.4. The number of nitrogens with zero attached hydrogens (tertiary/aromatic N) is 5. The number of aromatic amines is 1. The Hall–Kier alpha value is -3.43. The van der Waals surface area contributed by atoms with Crippen LogP contribution < -0.4 is 15.8 Å². The van der Waals surface area contributed by atoms with Gasteiger partial charge in [-0.05, 0) is 6.92 Å². The number of carbonyl (C=O) groups excluding carboxylic acids is 1. The topological polar surface area (TPSA) is 116 Å². The van der Waals surface area contributed by atoms with Gasteiger partial charge in [0.05, 0.1) is 37.9 Å². The van der Waals surface area contributed by atoms with Gasteiger partial charge in [-0.15, -0.1) is 0 Å². The summed E-state index contributed by atoms with van der Waals surface area (Å²) in [5.74, 6) is -3.34. The minimum atomic E-state index is -4.86. The number of anilines is 2. The Kier molecular flexibility index (Phi) is 7.54. The van der Waals surface area contributed by atoms with Gasteiger partial charge in [-0.25, -0.2) is 28.2 Å². The van der Waals surface area contributed by atoms with Crippen molar-refractivity contribution in [1.82, 2.24) is 25.1 Å². The van der Waals surface area contributed by atoms with E-state index in [1.165, 1.54) is 0 Å². The standard InChI is InChI=1S/C22H25F6N7O3/c1-13(32-15-10-31-33-18(37)17(15)22(26,27)28)11-38-7-2-16(36)34-3-5-35(6-4-34)19-29-8-14(9-30-19)20(23)12-21(20,24)25/h8-10,13H,2-7,11-12H2,1H3,(H2,32,33,37)/t13-,20+/m0/s1. The lowest BCUT2D eigenvalue weighted by molar-refractivity contribution is -0.138. The predicted octanol–water partition coefficient (Wildman–Crippen LogP) is 2.34. The first-order chi connectivity index (χ1) is 17.8. The number of ether oxygens (including phenoxy) is 1. The Morgan fingerprint density at radius 1 is 1.16 bits per heavy atom. The molecule has 0 unspecified atom stereocenters. The number of piperazine rings is 1. The monoisotopic (exact) mass is 549 g/mol. The fraction of sp³-hybridized carbons (Fsp3) is 0.591. The van der Waals surface area contributed by atoms with Crippen molar-refractivity contribution in [3.63, 3.8) is 0 Å². The van der Waals surface area contributed by atoms with E-state index in [2.05, 4.69) is 20.4 Å². The van der Waals surface area contributed by atoms with Gasteiger partial charge in [0.1, 0.15) is 5.56 Å². The molecule has 1 amide bonds. The van der Waals surface area contributed by atoms with Crippen LogP contribution in [-0.2, 0) is 21.4 Å². The minimum absolute atomic E-state index is 0.0232. The highest BCUT2D eigenvalue weighted by molar-refractivity contribution is 5.76. The van der Waals surface area contributed by atoms with Gasteiger partial charge in [0.15, 0.2) is 0 Å². The molecule has 2 fully saturated rings. The number of hydrogen-bond donors (Lipinski definition) is 2. The molecule has 1 saturated carbocycles. The molecule has 10 nitrogen and oxygen atoms in total. The van der Waals surface area contributed by atoms with Crippen LogP contribution in [0.4, 0.5) is 38.0 Å².